The Morgan fingerprint density at radius 1 is 1.10 bits per heavy atom. The smallest absolute Gasteiger partial charge is 0.227 e. The topological polar surface area (TPSA) is 78.7 Å². The lowest BCUT2D eigenvalue weighted by Gasteiger charge is -2.35. The molecule has 0 radical (unpaired) electrons. The molecule has 3 aromatic rings. The number of fused-ring (bicyclic) bond motifs is 2. The molecule has 150 valence electrons. The molecule has 30 heavy (non-hydrogen) atoms. The Bertz CT molecular complexity index is 1160. The third-order valence-corrected chi connectivity index (χ3v) is 5.97. The minimum absolute atomic E-state index is 0.000974. The maximum atomic E-state index is 12.9. The van der Waals surface area contributed by atoms with Crippen LogP contribution in [-0.4, -0.2) is 38.4 Å². The Hall–Kier alpha value is -3.09. The largest absolute Gasteiger partial charge is 0.394 e. The molecule has 2 aromatic carbocycles. The first-order chi connectivity index (χ1) is 14.6. The van der Waals surface area contributed by atoms with E-state index in [1.54, 1.807) is 29.4 Å². The summed E-state index contributed by atoms with van der Waals surface area (Å²) >= 11 is 6.13. The van der Waals surface area contributed by atoms with Crippen LogP contribution in [0.15, 0.2) is 59.9 Å². The van der Waals surface area contributed by atoms with E-state index in [4.69, 9.17) is 11.6 Å². The van der Waals surface area contributed by atoms with Gasteiger partial charge in [-0.3, -0.25) is 9.79 Å². The number of aliphatic hydroxyl groups excluding tert-OH is 1. The van der Waals surface area contributed by atoms with Crippen molar-refractivity contribution in [1.82, 2.24) is 15.1 Å². The molecule has 0 bridgehead atoms. The van der Waals surface area contributed by atoms with E-state index in [1.165, 1.54) is 0 Å². The van der Waals surface area contributed by atoms with Gasteiger partial charge < -0.3 is 10.0 Å². The monoisotopic (exact) mass is 418 g/mol. The van der Waals surface area contributed by atoms with Gasteiger partial charge >= 0.3 is 0 Å². The van der Waals surface area contributed by atoms with Crippen LogP contribution in [0, 0.1) is 0 Å². The van der Waals surface area contributed by atoms with Crippen molar-refractivity contribution >= 4 is 23.2 Å². The summed E-state index contributed by atoms with van der Waals surface area (Å²) in [5, 5.41) is 18.5. The SMILES string of the molecule is O=C1Cc2cc3c(cc2CN1[C@H](CO)c1cccc(Cl)c1)C(c1ccnnc1)=NC3. The molecule has 5 rings (SSSR count). The van der Waals surface area contributed by atoms with Crippen molar-refractivity contribution in [2.75, 3.05) is 6.61 Å². The minimum Gasteiger partial charge on any atom is -0.394 e. The average Bonchev–Trinajstić information content (AvgIpc) is 3.16. The molecule has 1 N–H and O–H groups in total. The molecular weight excluding hydrogens is 400 g/mol. The summed E-state index contributed by atoms with van der Waals surface area (Å²) in [6.45, 7) is 0.864. The van der Waals surface area contributed by atoms with Gasteiger partial charge in [-0.05, 0) is 46.5 Å². The van der Waals surface area contributed by atoms with Crippen LogP contribution in [0.3, 0.4) is 0 Å². The first kappa shape index (κ1) is 18.9. The van der Waals surface area contributed by atoms with Crippen molar-refractivity contribution in [3.8, 4) is 0 Å². The lowest BCUT2D eigenvalue weighted by molar-refractivity contribution is -0.135. The summed E-state index contributed by atoms with van der Waals surface area (Å²) in [6.07, 6.45) is 3.68. The molecule has 1 aromatic heterocycles. The number of carbonyl (C=O) groups is 1. The molecule has 1 atom stereocenters. The second-order valence-corrected chi connectivity index (χ2v) is 7.96. The molecule has 7 heteroatoms. The van der Waals surface area contributed by atoms with Gasteiger partial charge in [-0.2, -0.15) is 10.2 Å². The van der Waals surface area contributed by atoms with Crippen LogP contribution >= 0.6 is 11.6 Å². The molecule has 0 saturated carbocycles. The summed E-state index contributed by atoms with van der Waals surface area (Å²) in [5.74, 6) is -0.000974. The standard InChI is InChI=1S/C23H19ClN4O2/c24-19-3-1-2-14(7-19)21(13-29)28-12-18-8-20-17(6-16(18)9-22(28)30)10-25-23(20)15-4-5-26-27-11-15/h1-8,11,21,29H,9-10,12-13H2/t21-/m1/s1. The number of amides is 1. The van der Waals surface area contributed by atoms with Crippen LogP contribution in [0.2, 0.25) is 5.02 Å². The molecule has 0 aliphatic carbocycles. The number of nitrogens with zero attached hydrogens (tertiary/aromatic N) is 4. The van der Waals surface area contributed by atoms with Crippen LogP contribution in [0.25, 0.3) is 0 Å². The van der Waals surface area contributed by atoms with E-state index in [9.17, 15) is 9.90 Å². The first-order valence-corrected chi connectivity index (χ1v) is 10.1. The zero-order valence-electron chi connectivity index (χ0n) is 16.1. The van der Waals surface area contributed by atoms with E-state index >= 15 is 0 Å². The van der Waals surface area contributed by atoms with Gasteiger partial charge in [-0.15, -0.1) is 0 Å². The van der Waals surface area contributed by atoms with Crippen LogP contribution in [-0.2, 0) is 24.3 Å². The van der Waals surface area contributed by atoms with Crippen molar-refractivity contribution in [3.05, 3.63) is 93.3 Å². The van der Waals surface area contributed by atoms with Gasteiger partial charge in [0.15, 0.2) is 0 Å². The van der Waals surface area contributed by atoms with Crippen LogP contribution in [0.1, 0.15) is 39.4 Å². The number of benzene rings is 2. The fraction of sp³-hybridized carbons (Fsp3) is 0.217. The quantitative estimate of drug-likeness (QED) is 0.706. The van der Waals surface area contributed by atoms with E-state index in [0.29, 0.717) is 24.5 Å². The highest BCUT2D eigenvalue weighted by atomic mass is 35.5. The van der Waals surface area contributed by atoms with Gasteiger partial charge in [0.05, 0.1) is 43.7 Å². The molecule has 1 amide bonds. The van der Waals surface area contributed by atoms with Crippen LogP contribution in [0.4, 0.5) is 0 Å². The Kier molecular flexibility index (Phi) is 4.81. The summed E-state index contributed by atoms with van der Waals surface area (Å²) < 4.78 is 0. The summed E-state index contributed by atoms with van der Waals surface area (Å²) in [7, 11) is 0. The van der Waals surface area contributed by atoms with Crippen molar-refractivity contribution in [1.29, 1.82) is 0 Å². The third-order valence-electron chi connectivity index (χ3n) is 5.73. The lowest BCUT2D eigenvalue weighted by atomic mass is 9.90. The zero-order chi connectivity index (χ0) is 20.7. The van der Waals surface area contributed by atoms with E-state index < -0.39 is 6.04 Å². The zero-order valence-corrected chi connectivity index (χ0v) is 16.9. The predicted molar refractivity (Wildman–Crippen MR) is 113 cm³/mol. The number of aliphatic hydroxyl groups is 1. The molecule has 2 aliphatic heterocycles. The number of aliphatic imine (C=N–C) groups is 1. The fourth-order valence-corrected chi connectivity index (χ4v) is 4.45. The molecule has 3 heterocycles. The van der Waals surface area contributed by atoms with E-state index in [0.717, 1.165) is 39.1 Å². The van der Waals surface area contributed by atoms with Crippen molar-refractivity contribution in [3.63, 3.8) is 0 Å². The number of hydrogen-bond donors (Lipinski definition) is 1. The van der Waals surface area contributed by atoms with Gasteiger partial charge in [0.1, 0.15) is 0 Å². The molecule has 0 fully saturated rings. The third kappa shape index (κ3) is 3.28. The maximum Gasteiger partial charge on any atom is 0.227 e. The van der Waals surface area contributed by atoms with Crippen molar-refractivity contribution in [2.45, 2.75) is 25.6 Å². The Balaban J connectivity index is 1.50. The molecule has 2 aliphatic rings. The summed E-state index contributed by atoms with van der Waals surface area (Å²) in [6, 6.07) is 13.0. The molecule has 0 spiro atoms. The Labute approximate surface area is 178 Å². The van der Waals surface area contributed by atoms with E-state index in [1.807, 2.05) is 18.2 Å². The fourth-order valence-electron chi connectivity index (χ4n) is 4.25. The first-order valence-electron chi connectivity index (χ1n) is 9.76. The Morgan fingerprint density at radius 3 is 2.77 bits per heavy atom. The number of halogens is 1. The number of aromatic nitrogens is 2. The highest BCUT2D eigenvalue weighted by Crippen LogP contribution is 2.33. The van der Waals surface area contributed by atoms with Crippen molar-refractivity contribution < 1.29 is 9.90 Å². The number of rotatable bonds is 4. The molecule has 0 unspecified atom stereocenters. The van der Waals surface area contributed by atoms with Crippen LogP contribution in [0.5, 0.6) is 0 Å². The lowest BCUT2D eigenvalue weighted by Crippen LogP contribution is -2.40. The second kappa shape index (κ2) is 7.63. The molecule has 0 saturated heterocycles. The van der Waals surface area contributed by atoms with Crippen molar-refractivity contribution in [2.24, 2.45) is 4.99 Å². The predicted octanol–water partition coefficient (Wildman–Crippen LogP) is 3.10. The maximum absolute atomic E-state index is 12.9. The molecule has 6 nitrogen and oxygen atoms in total. The highest BCUT2D eigenvalue weighted by molar-refractivity contribution is 6.30. The van der Waals surface area contributed by atoms with Gasteiger partial charge in [0.2, 0.25) is 5.91 Å². The normalized spacial score (nSPS) is 16.1. The summed E-state index contributed by atoms with van der Waals surface area (Å²) in [4.78, 5) is 19.4. The van der Waals surface area contributed by atoms with Gasteiger partial charge in [-0.1, -0.05) is 29.8 Å². The summed E-state index contributed by atoms with van der Waals surface area (Å²) in [5.41, 5.74) is 6.95. The molecular formula is C23H19ClN4O2. The number of carbonyl (C=O) groups excluding carboxylic acids is 1. The second-order valence-electron chi connectivity index (χ2n) is 7.53. The minimum atomic E-state index is -0.435. The van der Waals surface area contributed by atoms with E-state index in [-0.39, 0.29) is 12.5 Å². The average molecular weight is 419 g/mol. The highest BCUT2D eigenvalue weighted by Gasteiger charge is 2.31. The van der Waals surface area contributed by atoms with Gasteiger partial charge in [0.25, 0.3) is 0 Å². The van der Waals surface area contributed by atoms with E-state index in [2.05, 4.69) is 27.3 Å². The van der Waals surface area contributed by atoms with Gasteiger partial charge in [-0.25, -0.2) is 0 Å². The van der Waals surface area contributed by atoms with Crippen LogP contribution < -0.4 is 0 Å². The number of hydrogen-bond acceptors (Lipinski definition) is 5. The Morgan fingerprint density at radius 2 is 2.00 bits per heavy atom. The van der Waals surface area contributed by atoms with Gasteiger partial charge in [0, 0.05) is 22.7 Å².